The molecule has 37 heavy (non-hydrogen) atoms. The Hall–Kier alpha value is -4.31. The van der Waals surface area contributed by atoms with Gasteiger partial charge in [-0.3, -0.25) is 14.0 Å². The highest BCUT2D eigenvalue weighted by Gasteiger charge is 2.29. The van der Waals surface area contributed by atoms with Crippen molar-refractivity contribution in [2.24, 2.45) is 0 Å². The lowest BCUT2D eigenvalue weighted by molar-refractivity contribution is -0.133. The minimum Gasteiger partial charge on any atom is -0.384 e. The number of anilines is 2. The summed E-state index contributed by atoms with van der Waals surface area (Å²) in [4.78, 5) is 40.6. The van der Waals surface area contributed by atoms with Crippen molar-refractivity contribution >= 4 is 29.0 Å². The highest BCUT2D eigenvalue weighted by Crippen LogP contribution is 2.34. The maximum Gasteiger partial charge on any atom is 0.256 e. The zero-order valence-electron chi connectivity index (χ0n) is 20.6. The number of amides is 2. The fourth-order valence-corrected chi connectivity index (χ4v) is 4.74. The van der Waals surface area contributed by atoms with E-state index in [2.05, 4.69) is 15.3 Å². The maximum atomic E-state index is 12.6. The van der Waals surface area contributed by atoms with Crippen LogP contribution in [0.5, 0.6) is 0 Å². The van der Waals surface area contributed by atoms with E-state index in [4.69, 9.17) is 15.5 Å². The van der Waals surface area contributed by atoms with E-state index in [-0.39, 0.29) is 17.7 Å². The topological polar surface area (TPSA) is 128 Å². The van der Waals surface area contributed by atoms with Crippen molar-refractivity contribution in [3.63, 3.8) is 0 Å². The molecule has 10 heteroatoms. The van der Waals surface area contributed by atoms with E-state index in [1.54, 1.807) is 43.8 Å². The molecule has 1 saturated heterocycles. The Morgan fingerprint density at radius 3 is 2.73 bits per heavy atom. The Morgan fingerprint density at radius 1 is 1.14 bits per heavy atom. The second kappa shape index (κ2) is 10.8. The third kappa shape index (κ3) is 5.14. The van der Waals surface area contributed by atoms with Crippen LogP contribution in [-0.4, -0.2) is 62.9 Å². The summed E-state index contributed by atoms with van der Waals surface area (Å²) < 4.78 is 7.06. The summed E-state index contributed by atoms with van der Waals surface area (Å²) in [6, 6.07) is 12.5. The Morgan fingerprint density at radius 2 is 1.97 bits per heavy atom. The van der Waals surface area contributed by atoms with E-state index in [9.17, 15) is 9.59 Å². The van der Waals surface area contributed by atoms with Gasteiger partial charge in [0.05, 0.1) is 13.0 Å². The first-order valence-electron chi connectivity index (χ1n) is 12.3. The molecular formula is C27H29N7O3. The molecule has 10 nitrogen and oxygen atoms in total. The van der Waals surface area contributed by atoms with Gasteiger partial charge in [0.1, 0.15) is 28.7 Å². The molecule has 1 fully saturated rings. The molecule has 190 valence electrons. The number of piperidine rings is 1. The third-order valence-corrected chi connectivity index (χ3v) is 6.60. The first-order valence-corrected chi connectivity index (χ1v) is 12.3. The largest absolute Gasteiger partial charge is 0.384 e. The summed E-state index contributed by atoms with van der Waals surface area (Å²) in [6.45, 7) is 1.74. The van der Waals surface area contributed by atoms with Crippen molar-refractivity contribution in [2.45, 2.75) is 25.2 Å². The predicted molar refractivity (Wildman–Crippen MR) is 140 cm³/mol. The molecule has 5 rings (SSSR count). The number of methoxy groups -OCH3 is 1. The third-order valence-electron chi connectivity index (χ3n) is 6.60. The van der Waals surface area contributed by atoms with Gasteiger partial charge in [0.25, 0.3) is 5.91 Å². The van der Waals surface area contributed by atoms with Crippen molar-refractivity contribution in [1.82, 2.24) is 24.3 Å². The van der Waals surface area contributed by atoms with Gasteiger partial charge in [0, 0.05) is 55.8 Å². The number of imidazole rings is 1. The van der Waals surface area contributed by atoms with Crippen molar-refractivity contribution in [3.8, 4) is 11.3 Å². The number of nitrogens with zero attached hydrogens (tertiary/aromatic N) is 5. The van der Waals surface area contributed by atoms with Crippen LogP contribution < -0.4 is 11.1 Å². The molecule has 2 amide bonds. The standard InChI is InChI=1S/C27H29N7O3/c1-37-16-11-22(35)33-14-4-5-20(17-33)26-32-23(24-25(28)30-13-15-34(24)26)18-7-9-19(10-8-18)27(36)31-21-6-2-3-12-29-21/h2-3,6-10,12-13,15,20H,4-5,11,14,16-17H2,1H3,(H2,28,30)(H,29,31,36). The Kier molecular flexibility index (Phi) is 7.09. The molecule has 4 aromatic rings. The number of likely N-dealkylation sites (tertiary alicyclic amines) is 1. The number of fused-ring (bicyclic) bond motifs is 1. The van der Waals surface area contributed by atoms with Crippen LogP contribution in [0.25, 0.3) is 16.8 Å². The van der Waals surface area contributed by atoms with Gasteiger partial charge in [-0.2, -0.15) is 0 Å². The molecule has 0 bridgehead atoms. The summed E-state index contributed by atoms with van der Waals surface area (Å²) >= 11 is 0. The Balaban J connectivity index is 1.43. The number of hydrogen-bond donors (Lipinski definition) is 2. The molecule has 3 aromatic heterocycles. The normalized spacial score (nSPS) is 15.6. The zero-order valence-corrected chi connectivity index (χ0v) is 20.6. The number of hydrogen-bond acceptors (Lipinski definition) is 7. The summed E-state index contributed by atoms with van der Waals surface area (Å²) in [7, 11) is 1.60. The highest BCUT2D eigenvalue weighted by molar-refractivity contribution is 6.04. The van der Waals surface area contributed by atoms with Gasteiger partial charge in [0.2, 0.25) is 5.91 Å². The van der Waals surface area contributed by atoms with E-state index < -0.39 is 0 Å². The van der Waals surface area contributed by atoms with E-state index in [0.717, 1.165) is 30.8 Å². The van der Waals surface area contributed by atoms with Crippen molar-refractivity contribution in [3.05, 3.63) is 72.4 Å². The summed E-state index contributed by atoms with van der Waals surface area (Å²) in [5.41, 5.74) is 9.04. The van der Waals surface area contributed by atoms with Gasteiger partial charge in [-0.1, -0.05) is 18.2 Å². The van der Waals surface area contributed by atoms with Crippen LogP contribution >= 0.6 is 0 Å². The number of carbonyl (C=O) groups excluding carboxylic acids is 2. The summed E-state index contributed by atoms with van der Waals surface area (Å²) in [5.74, 6) is 1.61. The van der Waals surface area contributed by atoms with Gasteiger partial charge < -0.3 is 20.7 Å². The van der Waals surface area contributed by atoms with Crippen LogP contribution in [0.1, 0.15) is 41.4 Å². The van der Waals surface area contributed by atoms with E-state index in [1.165, 1.54) is 0 Å². The number of pyridine rings is 1. The Bertz CT molecular complexity index is 1400. The molecule has 3 N–H and O–H groups in total. The average Bonchev–Trinajstić information content (AvgIpc) is 3.33. The molecule has 0 saturated carbocycles. The number of nitrogens with one attached hydrogen (secondary N) is 1. The minimum absolute atomic E-state index is 0.0618. The number of nitrogen functional groups attached to an aromatic ring is 1. The second-order valence-corrected chi connectivity index (χ2v) is 9.02. The number of rotatable bonds is 7. The fraction of sp³-hybridized carbons (Fsp3) is 0.296. The lowest BCUT2D eigenvalue weighted by Crippen LogP contribution is -2.39. The van der Waals surface area contributed by atoms with Crippen LogP contribution in [0.3, 0.4) is 0 Å². The quantitative estimate of drug-likeness (QED) is 0.399. The van der Waals surface area contributed by atoms with E-state index in [0.29, 0.717) is 48.0 Å². The number of nitrogens with two attached hydrogens (primary N) is 1. The minimum atomic E-state index is -0.248. The van der Waals surface area contributed by atoms with Crippen molar-refractivity contribution in [2.75, 3.05) is 37.9 Å². The molecule has 0 spiro atoms. The van der Waals surface area contributed by atoms with Crippen LogP contribution in [0, 0.1) is 0 Å². The molecule has 1 aliphatic heterocycles. The smallest absolute Gasteiger partial charge is 0.256 e. The van der Waals surface area contributed by atoms with Gasteiger partial charge in [-0.05, 0) is 37.1 Å². The summed E-state index contributed by atoms with van der Waals surface area (Å²) in [5, 5.41) is 2.79. The molecular weight excluding hydrogens is 470 g/mol. The molecule has 0 radical (unpaired) electrons. The predicted octanol–water partition coefficient (Wildman–Crippen LogP) is 3.37. The number of aromatic nitrogens is 4. The number of benzene rings is 1. The molecule has 0 aliphatic carbocycles. The van der Waals surface area contributed by atoms with Crippen LogP contribution in [0.15, 0.2) is 61.1 Å². The lowest BCUT2D eigenvalue weighted by atomic mass is 9.97. The highest BCUT2D eigenvalue weighted by atomic mass is 16.5. The van der Waals surface area contributed by atoms with Gasteiger partial charge in [-0.25, -0.2) is 15.0 Å². The van der Waals surface area contributed by atoms with Gasteiger partial charge in [-0.15, -0.1) is 0 Å². The first-order chi connectivity index (χ1) is 18.0. The van der Waals surface area contributed by atoms with Crippen molar-refractivity contribution < 1.29 is 14.3 Å². The Labute approximate surface area is 214 Å². The molecule has 1 aromatic carbocycles. The number of carbonyl (C=O) groups is 2. The van der Waals surface area contributed by atoms with Gasteiger partial charge in [0.15, 0.2) is 0 Å². The zero-order chi connectivity index (χ0) is 25.8. The maximum absolute atomic E-state index is 12.6. The van der Waals surface area contributed by atoms with Crippen LogP contribution in [0.4, 0.5) is 11.6 Å². The lowest BCUT2D eigenvalue weighted by Gasteiger charge is -2.32. The molecule has 1 aliphatic rings. The second-order valence-electron chi connectivity index (χ2n) is 9.02. The molecule has 4 heterocycles. The SMILES string of the molecule is COCCC(=O)N1CCCC(c2nc(-c3ccc(C(=O)Nc4ccccn4)cc3)c3c(N)nccn23)C1. The van der Waals surface area contributed by atoms with E-state index >= 15 is 0 Å². The summed E-state index contributed by atoms with van der Waals surface area (Å²) in [6.07, 6.45) is 7.33. The van der Waals surface area contributed by atoms with Crippen LogP contribution in [-0.2, 0) is 9.53 Å². The van der Waals surface area contributed by atoms with Gasteiger partial charge >= 0.3 is 0 Å². The first kappa shape index (κ1) is 24.4. The molecule has 1 unspecified atom stereocenters. The average molecular weight is 500 g/mol. The van der Waals surface area contributed by atoms with E-state index in [1.807, 2.05) is 33.7 Å². The molecule has 1 atom stereocenters. The van der Waals surface area contributed by atoms with Crippen molar-refractivity contribution in [1.29, 1.82) is 0 Å². The number of ether oxygens (including phenoxy) is 1. The fourth-order valence-electron chi connectivity index (χ4n) is 4.74. The monoisotopic (exact) mass is 499 g/mol. The van der Waals surface area contributed by atoms with Crippen LogP contribution in [0.2, 0.25) is 0 Å².